The normalized spacial score (nSPS) is 23.0. The van der Waals surface area contributed by atoms with Crippen LogP contribution >= 0.6 is 11.9 Å². The van der Waals surface area contributed by atoms with Crippen molar-refractivity contribution in [1.82, 2.24) is 14.5 Å². The Morgan fingerprint density at radius 1 is 1.23 bits per heavy atom. The molecular weight excluding hydrogens is 294 g/mol. The van der Waals surface area contributed by atoms with Gasteiger partial charge in [0.2, 0.25) is 0 Å². The third kappa shape index (κ3) is 4.38. The molecule has 1 fully saturated rings. The molecule has 2 aliphatic rings. The second-order valence-corrected chi connectivity index (χ2v) is 7.27. The van der Waals surface area contributed by atoms with Gasteiger partial charge in [0, 0.05) is 38.3 Å². The molecule has 1 aromatic rings. The molecule has 4 nitrogen and oxygen atoms in total. The molecular formula is C17H27N3OS. The highest BCUT2D eigenvalue weighted by molar-refractivity contribution is 7.97. The van der Waals surface area contributed by atoms with Gasteiger partial charge in [0.1, 0.15) is 5.75 Å². The monoisotopic (exact) mass is 321 g/mol. The zero-order valence-corrected chi connectivity index (χ0v) is 14.3. The van der Waals surface area contributed by atoms with Crippen LogP contribution in [0.4, 0.5) is 0 Å². The van der Waals surface area contributed by atoms with E-state index in [2.05, 4.69) is 45.8 Å². The highest BCUT2D eigenvalue weighted by Crippen LogP contribution is 2.39. The minimum Gasteiger partial charge on any atom is -0.493 e. The summed E-state index contributed by atoms with van der Waals surface area (Å²) in [6.07, 6.45) is 2.31. The molecule has 5 heteroatoms. The molecule has 1 unspecified atom stereocenters. The Hall–Kier alpha value is -0.750. The zero-order valence-electron chi connectivity index (χ0n) is 13.5. The van der Waals surface area contributed by atoms with E-state index < -0.39 is 0 Å². The second-order valence-electron chi connectivity index (χ2n) is 6.17. The Bertz CT molecular complexity index is 463. The lowest BCUT2D eigenvalue weighted by atomic mass is 10.1. The van der Waals surface area contributed by atoms with Crippen LogP contribution in [0.2, 0.25) is 0 Å². The van der Waals surface area contributed by atoms with Crippen molar-refractivity contribution < 1.29 is 4.74 Å². The average molecular weight is 321 g/mol. The van der Waals surface area contributed by atoms with Crippen LogP contribution in [0.15, 0.2) is 24.3 Å². The average Bonchev–Trinajstić information content (AvgIpc) is 2.56. The van der Waals surface area contributed by atoms with E-state index >= 15 is 0 Å². The molecule has 0 aliphatic carbocycles. The third-order valence-electron chi connectivity index (χ3n) is 4.48. The molecule has 0 bridgehead atoms. The van der Waals surface area contributed by atoms with Gasteiger partial charge in [0.25, 0.3) is 0 Å². The predicted molar refractivity (Wildman–Crippen MR) is 93.4 cm³/mol. The number of benzene rings is 1. The van der Waals surface area contributed by atoms with Crippen molar-refractivity contribution >= 4 is 11.9 Å². The van der Waals surface area contributed by atoms with Crippen molar-refractivity contribution in [3.8, 4) is 5.75 Å². The van der Waals surface area contributed by atoms with E-state index in [-0.39, 0.29) is 0 Å². The van der Waals surface area contributed by atoms with Crippen LogP contribution in [-0.2, 0) is 0 Å². The van der Waals surface area contributed by atoms with E-state index in [1.807, 2.05) is 11.9 Å². The maximum absolute atomic E-state index is 5.72. The number of nitrogens with zero attached hydrogens (tertiary/aromatic N) is 2. The fourth-order valence-corrected chi connectivity index (χ4v) is 4.04. The minimum absolute atomic E-state index is 0.522. The fourth-order valence-electron chi connectivity index (χ4n) is 3.04. The number of hydrogen-bond donors (Lipinski definition) is 1. The van der Waals surface area contributed by atoms with Gasteiger partial charge in [-0.15, -0.1) is 0 Å². The first-order chi connectivity index (χ1) is 10.8. The summed E-state index contributed by atoms with van der Waals surface area (Å²) in [5.74, 6) is 1.06. The van der Waals surface area contributed by atoms with Gasteiger partial charge >= 0.3 is 0 Å². The summed E-state index contributed by atoms with van der Waals surface area (Å²) < 4.78 is 9.29. The van der Waals surface area contributed by atoms with Crippen molar-refractivity contribution in [3.05, 3.63) is 29.8 Å². The molecule has 2 aliphatic heterocycles. The molecule has 0 saturated carbocycles. The topological polar surface area (TPSA) is 27.7 Å². The third-order valence-corrected chi connectivity index (χ3v) is 5.62. The standard InChI is InChI=1S/C17H27N3OS/c1-19-10-12-20(13-11-19)9-4-8-18-22-17-7-14-21-16-6-3-2-5-15(16)17/h2-3,5-6,17-18H,4,7-14H2,1H3. The van der Waals surface area contributed by atoms with Crippen LogP contribution in [0.25, 0.3) is 0 Å². The molecule has 1 saturated heterocycles. The van der Waals surface area contributed by atoms with Crippen LogP contribution in [0.3, 0.4) is 0 Å². The predicted octanol–water partition coefficient (Wildman–Crippen LogP) is 2.39. The number of rotatable bonds is 6. The van der Waals surface area contributed by atoms with Gasteiger partial charge in [-0.2, -0.15) is 0 Å². The van der Waals surface area contributed by atoms with Crippen LogP contribution in [0.1, 0.15) is 23.7 Å². The van der Waals surface area contributed by atoms with Crippen molar-refractivity contribution in [2.45, 2.75) is 18.1 Å². The van der Waals surface area contributed by atoms with E-state index in [1.165, 1.54) is 44.7 Å². The molecule has 1 N–H and O–H groups in total. The lowest BCUT2D eigenvalue weighted by Gasteiger charge is -2.32. The van der Waals surface area contributed by atoms with E-state index in [0.29, 0.717) is 5.25 Å². The molecule has 0 amide bonds. The van der Waals surface area contributed by atoms with Crippen LogP contribution in [-0.4, -0.2) is 62.7 Å². The zero-order chi connectivity index (χ0) is 15.2. The maximum atomic E-state index is 5.72. The number of hydrogen-bond acceptors (Lipinski definition) is 5. The Labute approximate surface area is 138 Å². The lowest BCUT2D eigenvalue weighted by molar-refractivity contribution is 0.153. The summed E-state index contributed by atoms with van der Waals surface area (Å²) in [5.41, 5.74) is 1.34. The summed E-state index contributed by atoms with van der Waals surface area (Å²) in [5, 5.41) is 0.522. The molecule has 1 aromatic carbocycles. The summed E-state index contributed by atoms with van der Waals surface area (Å²) in [6, 6.07) is 8.43. The number of fused-ring (bicyclic) bond motifs is 1. The van der Waals surface area contributed by atoms with Gasteiger partial charge in [0.05, 0.1) is 11.9 Å². The van der Waals surface area contributed by atoms with Crippen LogP contribution < -0.4 is 9.46 Å². The molecule has 0 radical (unpaired) electrons. The van der Waals surface area contributed by atoms with Gasteiger partial charge in [-0.3, -0.25) is 4.72 Å². The second kappa shape index (κ2) is 8.20. The fraction of sp³-hybridized carbons (Fsp3) is 0.647. The highest BCUT2D eigenvalue weighted by Gasteiger charge is 2.21. The van der Waals surface area contributed by atoms with Crippen molar-refractivity contribution in [2.24, 2.45) is 0 Å². The molecule has 22 heavy (non-hydrogen) atoms. The summed E-state index contributed by atoms with van der Waals surface area (Å²) in [4.78, 5) is 4.99. The molecule has 0 spiro atoms. The number of piperazine rings is 1. The number of ether oxygens (including phenoxy) is 1. The van der Waals surface area contributed by atoms with Crippen molar-refractivity contribution in [1.29, 1.82) is 0 Å². The summed E-state index contributed by atoms with van der Waals surface area (Å²) >= 11 is 1.87. The Morgan fingerprint density at radius 3 is 2.91 bits per heavy atom. The van der Waals surface area contributed by atoms with Gasteiger partial charge in [0.15, 0.2) is 0 Å². The molecule has 122 valence electrons. The first-order valence-electron chi connectivity index (χ1n) is 8.34. The Kier molecular flexibility index (Phi) is 6.01. The number of likely N-dealkylation sites (N-methyl/N-ethyl adjacent to an activating group) is 1. The van der Waals surface area contributed by atoms with Gasteiger partial charge in [-0.05, 0) is 32.5 Å². The van der Waals surface area contributed by atoms with Crippen LogP contribution in [0, 0.1) is 0 Å². The maximum Gasteiger partial charge on any atom is 0.123 e. The highest BCUT2D eigenvalue weighted by atomic mass is 32.2. The first kappa shape index (κ1) is 16.1. The first-order valence-corrected chi connectivity index (χ1v) is 9.22. The van der Waals surface area contributed by atoms with Crippen molar-refractivity contribution in [2.75, 3.05) is 52.9 Å². The van der Waals surface area contributed by atoms with E-state index in [4.69, 9.17) is 4.74 Å². The molecule has 2 heterocycles. The van der Waals surface area contributed by atoms with E-state index in [0.717, 1.165) is 25.3 Å². The summed E-state index contributed by atoms with van der Waals surface area (Å²) in [6.45, 7) is 7.98. The van der Waals surface area contributed by atoms with E-state index in [1.54, 1.807) is 0 Å². The van der Waals surface area contributed by atoms with Gasteiger partial charge in [-0.25, -0.2) is 0 Å². The Balaban J connectivity index is 1.34. The van der Waals surface area contributed by atoms with Crippen LogP contribution in [0.5, 0.6) is 5.75 Å². The molecule has 1 atom stereocenters. The van der Waals surface area contributed by atoms with Gasteiger partial charge < -0.3 is 14.5 Å². The smallest absolute Gasteiger partial charge is 0.123 e. The largest absolute Gasteiger partial charge is 0.493 e. The SMILES string of the molecule is CN1CCN(CCCNSC2CCOc3ccccc32)CC1. The quantitative estimate of drug-likeness (QED) is 0.641. The lowest BCUT2D eigenvalue weighted by Crippen LogP contribution is -2.44. The van der Waals surface area contributed by atoms with Gasteiger partial charge in [-0.1, -0.05) is 30.1 Å². The number of nitrogens with one attached hydrogen (secondary N) is 1. The molecule has 3 rings (SSSR count). The summed E-state index contributed by atoms with van der Waals surface area (Å²) in [7, 11) is 2.21. The minimum atomic E-state index is 0.522. The number of para-hydroxylation sites is 1. The van der Waals surface area contributed by atoms with Crippen molar-refractivity contribution in [3.63, 3.8) is 0 Å². The van der Waals surface area contributed by atoms with E-state index in [9.17, 15) is 0 Å². The molecule has 0 aromatic heterocycles. The Morgan fingerprint density at radius 2 is 2.05 bits per heavy atom.